The molecular formula is C13H8I2N2O2S. The molecule has 0 aliphatic rings. The van der Waals surface area contributed by atoms with Crippen molar-refractivity contribution in [3.8, 4) is 0 Å². The zero-order valence-electron chi connectivity index (χ0n) is 9.99. The molecule has 0 fully saturated rings. The smallest absolute Gasteiger partial charge is 0.236 e. The van der Waals surface area contributed by atoms with Crippen LogP contribution in [0.15, 0.2) is 53.6 Å². The van der Waals surface area contributed by atoms with Crippen molar-refractivity contribution >= 4 is 66.2 Å². The predicted molar refractivity (Wildman–Crippen MR) is 94.2 cm³/mol. The van der Waals surface area contributed by atoms with Crippen molar-refractivity contribution in [2.24, 2.45) is 0 Å². The summed E-state index contributed by atoms with van der Waals surface area (Å²) in [5.41, 5.74) is 0.457. The Morgan fingerprint density at radius 2 is 1.75 bits per heavy atom. The number of hydrogen-bond acceptors (Lipinski definition) is 3. The summed E-state index contributed by atoms with van der Waals surface area (Å²) in [4.78, 5) is 4.52. The van der Waals surface area contributed by atoms with Crippen molar-refractivity contribution in [2.45, 2.75) is 4.90 Å². The first kappa shape index (κ1) is 14.3. The second kappa shape index (κ2) is 5.26. The third-order valence-electron chi connectivity index (χ3n) is 2.80. The van der Waals surface area contributed by atoms with Gasteiger partial charge in [0.25, 0.3) is 10.0 Å². The van der Waals surface area contributed by atoms with Crippen molar-refractivity contribution in [3.05, 3.63) is 55.9 Å². The molecule has 4 nitrogen and oxygen atoms in total. The van der Waals surface area contributed by atoms with Crippen LogP contribution in [0.25, 0.3) is 11.0 Å². The van der Waals surface area contributed by atoms with Gasteiger partial charge in [0.2, 0.25) is 0 Å². The molecular weight excluding hydrogens is 502 g/mol. The number of benzene rings is 1. The molecule has 0 N–H and O–H groups in total. The topological polar surface area (TPSA) is 52.0 Å². The maximum Gasteiger partial charge on any atom is 0.270 e. The Kier molecular flexibility index (Phi) is 3.75. The summed E-state index contributed by atoms with van der Waals surface area (Å²) in [7, 11) is -3.62. The first-order chi connectivity index (χ1) is 9.50. The van der Waals surface area contributed by atoms with Crippen LogP contribution in [0.4, 0.5) is 0 Å². The molecule has 0 saturated carbocycles. The van der Waals surface area contributed by atoms with E-state index in [0.29, 0.717) is 9.35 Å². The molecule has 3 aromatic rings. The van der Waals surface area contributed by atoms with Gasteiger partial charge in [-0.1, -0.05) is 18.2 Å². The van der Waals surface area contributed by atoms with Crippen LogP contribution in [0.3, 0.4) is 0 Å². The Morgan fingerprint density at radius 1 is 1.05 bits per heavy atom. The monoisotopic (exact) mass is 510 g/mol. The van der Waals surface area contributed by atoms with Crippen LogP contribution in [0.2, 0.25) is 0 Å². The third-order valence-corrected chi connectivity index (χ3v) is 6.23. The number of aromatic nitrogens is 2. The van der Waals surface area contributed by atoms with E-state index >= 15 is 0 Å². The highest BCUT2D eigenvalue weighted by Gasteiger charge is 2.22. The first-order valence-corrected chi connectivity index (χ1v) is 9.23. The molecule has 1 aromatic carbocycles. The van der Waals surface area contributed by atoms with Gasteiger partial charge >= 0.3 is 0 Å². The Bertz CT molecular complexity index is 889. The van der Waals surface area contributed by atoms with Gasteiger partial charge in [0, 0.05) is 15.2 Å². The fraction of sp³-hybridized carbons (Fsp3) is 0. The van der Waals surface area contributed by atoms with E-state index in [9.17, 15) is 8.42 Å². The van der Waals surface area contributed by atoms with E-state index in [1.807, 2.05) is 34.7 Å². The van der Waals surface area contributed by atoms with Crippen molar-refractivity contribution in [3.63, 3.8) is 0 Å². The van der Waals surface area contributed by atoms with Crippen LogP contribution >= 0.6 is 45.2 Å². The van der Waals surface area contributed by atoms with Gasteiger partial charge in [-0.25, -0.2) is 17.4 Å². The number of halogens is 2. The lowest BCUT2D eigenvalue weighted by Crippen LogP contribution is -2.14. The minimum atomic E-state index is -3.62. The molecule has 0 atom stereocenters. The molecule has 0 aliphatic heterocycles. The summed E-state index contributed by atoms with van der Waals surface area (Å²) < 4.78 is 28.3. The van der Waals surface area contributed by atoms with Gasteiger partial charge in [-0.05, 0) is 69.4 Å². The number of pyridine rings is 1. The van der Waals surface area contributed by atoms with E-state index in [2.05, 4.69) is 27.6 Å². The minimum absolute atomic E-state index is 0.260. The van der Waals surface area contributed by atoms with Gasteiger partial charge in [0.15, 0.2) is 5.65 Å². The zero-order valence-corrected chi connectivity index (χ0v) is 15.1. The average molecular weight is 510 g/mol. The maximum atomic E-state index is 12.7. The zero-order chi connectivity index (χ0) is 14.3. The summed E-state index contributed by atoms with van der Waals surface area (Å²) in [5.74, 6) is 0. The number of hydrogen-bond donors (Lipinski definition) is 0. The molecule has 0 amide bonds. The Morgan fingerprint density at radius 3 is 2.45 bits per heavy atom. The van der Waals surface area contributed by atoms with Gasteiger partial charge in [-0.2, -0.15) is 0 Å². The normalized spacial score (nSPS) is 11.9. The average Bonchev–Trinajstić information content (AvgIpc) is 2.75. The lowest BCUT2D eigenvalue weighted by molar-refractivity contribution is 0.588. The molecule has 7 heteroatoms. The molecule has 2 heterocycles. The summed E-state index contributed by atoms with van der Waals surface area (Å²) in [6.45, 7) is 0. The quantitative estimate of drug-likeness (QED) is 0.497. The molecule has 0 radical (unpaired) electrons. The van der Waals surface area contributed by atoms with Crippen molar-refractivity contribution in [2.75, 3.05) is 0 Å². The SMILES string of the molecule is O=S(=O)(c1ccccc1)n1c(I)cc2cc(I)cnc21. The fourth-order valence-corrected chi connectivity index (χ4v) is 5.13. The van der Waals surface area contributed by atoms with Crippen LogP contribution in [-0.4, -0.2) is 17.4 Å². The van der Waals surface area contributed by atoms with E-state index in [-0.39, 0.29) is 4.90 Å². The van der Waals surface area contributed by atoms with E-state index < -0.39 is 10.0 Å². The van der Waals surface area contributed by atoms with Gasteiger partial charge in [-0.3, -0.25) is 0 Å². The lowest BCUT2D eigenvalue weighted by atomic mass is 10.3. The standard InChI is InChI=1S/C13H8I2N2O2S/c14-10-6-9-7-12(15)17(13(9)16-8-10)20(18,19)11-4-2-1-3-5-11/h1-8H. The lowest BCUT2D eigenvalue weighted by Gasteiger charge is -2.08. The number of nitrogens with zero attached hydrogens (tertiary/aromatic N) is 2. The van der Waals surface area contributed by atoms with Crippen molar-refractivity contribution in [1.82, 2.24) is 8.96 Å². The highest BCUT2D eigenvalue weighted by molar-refractivity contribution is 14.1. The van der Waals surface area contributed by atoms with Crippen molar-refractivity contribution in [1.29, 1.82) is 0 Å². The number of rotatable bonds is 2. The second-order valence-electron chi connectivity index (χ2n) is 4.12. The highest BCUT2D eigenvalue weighted by Crippen LogP contribution is 2.26. The molecule has 0 unspecified atom stereocenters. The first-order valence-electron chi connectivity index (χ1n) is 5.63. The fourth-order valence-electron chi connectivity index (χ4n) is 1.94. The Labute approximate surface area is 143 Å². The molecule has 0 spiro atoms. The van der Waals surface area contributed by atoms with E-state index in [4.69, 9.17) is 0 Å². The van der Waals surface area contributed by atoms with Crippen LogP contribution < -0.4 is 0 Å². The molecule has 2 aromatic heterocycles. The van der Waals surface area contributed by atoms with Gasteiger partial charge in [-0.15, -0.1) is 0 Å². The minimum Gasteiger partial charge on any atom is -0.236 e. The van der Waals surface area contributed by atoms with Crippen LogP contribution in [0.1, 0.15) is 0 Å². The van der Waals surface area contributed by atoms with Gasteiger partial charge < -0.3 is 0 Å². The molecule has 20 heavy (non-hydrogen) atoms. The van der Waals surface area contributed by atoms with Gasteiger partial charge in [0.1, 0.15) is 0 Å². The molecule has 102 valence electrons. The third kappa shape index (κ3) is 2.35. The maximum absolute atomic E-state index is 12.7. The Balaban J connectivity index is 2.32. The summed E-state index contributed by atoms with van der Waals surface area (Å²) in [6, 6.07) is 12.1. The van der Waals surface area contributed by atoms with Crippen LogP contribution in [0.5, 0.6) is 0 Å². The summed E-state index contributed by atoms with van der Waals surface area (Å²) in [6.07, 6.45) is 1.66. The molecule has 3 rings (SSSR count). The Hall–Kier alpha value is -0.680. The van der Waals surface area contributed by atoms with E-state index in [1.165, 1.54) is 3.97 Å². The molecule has 0 bridgehead atoms. The number of fused-ring (bicyclic) bond motifs is 1. The summed E-state index contributed by atoms with van der Waals surface area (Å²) in [5, 5.41) is 0.820. The van der Waals surface area contributed by atoms with E-state index in [0.717, 1.165) is 8.96 Å². The van der Waals surface area contributed by atoms with E-state index in [1.54, 1.807) is 36.5 Å². The predicted octanol–water partition coefficient (Wildman–Crippen LogP) is 3.48. The largest absolute Gasteiger partial charge is 0.270 e. The van der Waals surface area contributed by atoms with Crippen LogP contribution in [0, 0.1) is 7.27 Å². The van der Waals surface area contributed by atoms with Gasteiger partial charge in [0.05, 0.1) is 8.60 Å². The molecule has 0 saturated heterocycles. The van der Waals surface area contributed by atoms with Crippen LogP contribution in [-0.2, 0) is 10.0 Å². The van der Waals surface area contributed by atoms with Crippen molar-refractivity contribution < 1.29 is 8.42 Å². The second-order valence-corrected chi connectivity index (χ2v) is 8.25. The molecule has 0 aliphatic carbocycles. The summed E-state index contributed by atoms with van der Waals surface area (Å²) >= 11 is 4.18. The highest BCUT2D eigenvalue weighted by atomic mass is 127.